The van der Waals surface area contributed by atoms with Crippen LogP contribution >= 0.6 is 0 Å². The number of fused-ring (bicyclic) bond motifs is 15. The molecule has 2 heteroatoms. The molecule has 158 valence electrons. The summed E-state index contributed by atoms with van der Waals surface area (Å²) in [6.45, 7) is 0. The first kappa shape index (κ1) is 17.2. The van der Waals surface area contributed by atoms with Crippen molar-refractivity contribution >= 4 is 76.6 Å². The highest BCUT2D eigenvalue weighted by Gasteiger charge is 2.25. The molecular formula is C32H20N2. The summed E-state index contributed by atoms with van der Waals surface area (Å²) in [5, 5.41) is 12.1. The molecule has 0 aliphatic heterocycles. The van der Waals surface area contributed by atoms with E-state index in [0.29, 0.717) is 0 Å². The van der Waals surface area contributed by atoms with E-state index in [1.54, 1.807) is 0 Å². The zero-order chi connectivity index (χ0) is 22.0. The van der Waals surface area contributed by atoms with E-state index in [2.05, 4.69) is 100 Å². The molecular weight excluding hydrogens is 412 g/mol. The molecule has 2 nitrogen and oxygen atoms in total. The molecule has 0 fully saturated rings. The summed E-state index contributed by atoms with van der Waals surface area (Å²) >= 11 is 0. The highest BCUT2D eigenvalue weighted by molar-refractivity contribution is 6.37. The van der Waals surface area contributed by atoms with E-state index in [0.717, 1.165) is 12.8 Å². The number of nitrogens with one attached hydrogen (secondary N) is 1. The van der Waals surface area contributed by atoms with Gasteiger partial charge in [0.1, 0.15) is 0 Å². The van der Waals surface area contributed by atoms with Crippen molar-refractivity contribution in [2.24, 2.45) is 0 Å². The largest absolute Gasteiger partial charge is 0.356 e. The summed E-state index contributed by atoms with van der Waals surface area (Å²) in [6.07, 6.45) is 6.82. The molecule has 1 aliphatic rings. The van der Waals surface area contributed by atoms with Crippen LogP contribution in [0.1, 0.15) is 17.7 Å². The second-order valence-electron chi connectivity index (χ2n) is 9.70. The predicted molar refractivity (Wildman–Crippen MR) is 145 cm³/mol. The molecule has 0 saturated carbocycles. The molecule has 0 atom stereocenters. The second-order valence-corrected chi connectivity index (χ2v) is 9.70. The number of aryl methyl sites for hydroxylation is 1. The lowest BCUT2D eigenvalue weighted by Gasteiger charge is -2.08. The van der Waals surface area contributed by atoms with Crippen LogP contribution in [0.2, 0.25) is 0 Å². The number of hydrogen-bond acceptors (Lipinski definition) is 0. The normalized spacial score (nSPS) is 14.1. The Morgan fingerprint density at radius 3 is 2.24 bits per heavy atom. The quantitative estimate of drug-likeness (QED) is 0.248. The van der Waals surface area contributed by atoms with Crippen molar-refractivity contribution in [2.45, 2.75) is 12.8 Å². The molecule has 3 aromatic heterocycles. The number of rotatable bonds is 0. The molecule has 3 heterocycles. The van der Waals surface area contributed by atoms with Crippen LogP contribution in [0.5, 0.6) is 0 Å². The maximum atomic E-state index is 3.91. The summed E-state index contributed by atoms with van der Waals surface area (Å²) in [4.78, 5) is 3.91. The number of aromatic nitrogens is 2. The van der Waals surface area contributed by atoms with Crippen LogP contribution in [0.3, 0.4) is 0 Å². The van der Waals surface area contributed by atoms with Gasteiger partial charge in [0.05, 0.1) is 22.1 Å². The van der Waals surface area contributed by atoms with Crippen LogP contribution < -0.4 is 0 Å². The SMILES string of the molecule is C1=Cc2c([nH]c3c2c2ccccc2c2c4cccc5c6c7ccccc7ccc6n(c54)c32)CC1. The minimum Gasteiger partial charge on any atom is -0.356 e. The van der Waals surface area contributed by atoms with Gasteiger partial charge in [-0.05, 0) is 40.5 Å². The van der Waals surface area contributed by atoms with Gasteiger partial charge in [-0.25, -0.2) is 0 Å². The third-order valence-electron chi connectivity index (χ3n) is 8.08. The van der Waals surface area contributed by atoms with Crippen molar-refractivity contribution in [3.63, 3.8) is 0 Å². The fourth-order valence-corrected chi connectivity index (χ4v) is 6.77. The molecule has 8 aromatic rings. The zero-order valence-electron chi connectivity index (χ0n) is 18.5. The van der Waals surface area contributed by atoms with E-state index >= 15 is 0 Å². The van der Waals surface area contributed by atoms with E-state index in [4.69, 9.17) is 0 Å². The number of H-pyrrole nitrogens is 1. The van der Waals surface area contributed by atoms with Gasteiger partial charge >= 0.3 is 0 Å². The van der Waals surface area contributed by atoms with E-state index in [1.807, 2.05) is 0 Å². The van der Waals surface area contributed by atoms with E-state index in [1.165, 1.54) is 81.8 Å². The van der Waals surface area contributed by atoms with Gasteiger partial charge in [-0.2, -0.15) is 0 Å². The molecule has 0 spiro atoms. The van der Waals surface area contributed by atoms with Crippen molar-refractivity contribution in [1.29, 1.82) is 0 Å². The summed E-state index contributed by atoms with van der Waals surface area (Å²) < 4.78 is 2.54. The van der Waals surface area contributed by atoms with Crippen LogP contribution in [0, 0.1) is 0 Å². The van der Waals surface area contributed by atoms with Gasteiger partial charge in [0.2, 0.25) is 0 Å². The van der Waals surface area contributed by atoms with E-state index in [-0.39, 0.29) is 0 Å². The van der Waals surface area contributed by atoms with Crippen LogP contribution in [0.4, 0.5) is 0 Å². The Morgan fingerprint density at radius 2 is 1.35 bits per heavy atom. The van der Waals surface area contributed by atoms with Gasteiger partial charge in [-0.3, -0.25) is 0 Å². The fourth-order valence-electron chi connectivity index (χ4n) is 6.77. The minimum absolute atomic E-state index is 1.07. The topological polar surface area (TPSA) is 20.2 Å². The molecule has 0 bridgehead atoms. The standard InChI is InChI=1S/C32H20N2/c1-2-9-19-18(8-1)16-17-26-27(19)23-13-7-14-24-29-21-11-4-3-10-20(21)28-22-12-5-6-15-25(22)33-30(28)32(29)34(26)31(23)24/h1-5,7-14,16-17,33H,6,15H2. The van der Waals surface area contributed by atoms with Gasteiger partial charge in [-0.1, -0.05) is 84.9 Å². The molecule has 0 amide bonds. The molecule has 5 aromatic carbocycles. The molecule has 9 rings (SSSR count). The minimum atomic E-state index is 1.07. The lowest BCUT2D eigenvalue weighted by molar-refractivity contribution is 0.951. The molecule has 1 aliphatic carbocycles. The maximum Gasteiger partial charge on any atom is 0.0790 e. The number of nitrogens with zero attached hydrogens (tertiary/aromatic N) is 1. The summed E-state index contributed by atoms with van der Waals surface area (Å²) in [7, 11) is 0. The van der Waals surface area contributed by atoms with Crippen molar-refractivity contribution in [3.8, 4) is 0 Å². The van der Waals surface area contributed by atoms with E-state index in [9.17, 15) is 0 Å². The number of allylic oxidation sites excluding steroid dienone is 1. The lowest BCUT2D eigenvalue weighted by Crippen LogP contribution is -1.90. The van der Waals surface area contributed by atoms with Crippen molar-refractivity contribution in [2.75, 3.05) is 0 Å². The molecule has 0 unspecified atom stereocenters. The number of aromatic amines is 1. The lowest BCUT2D eigenvalue weighted by atomic mass is 9.95. The van der Waals surface area contributed by atoms with Crippen LogP contribution in [0.25, 0.3) is 76.6 Å². The summed E-state index contributed by atoms with van der Waals surface area (Å²) in [5.41, 5.74) is 7.95. The van der Waals surface area contributed by atoms with Gasteiger partial charge < -0.3 is 9.38 Å². The Balaban J connectivity index is 1.68. The first-order chi connectivity index (χ1) is 16.9. The monoisotopic (exact) mass is 432 g/mol. The second kappa shape index (κ2) is 5.78. The number of para-hydroxylation sites is 1. The van der Waals surface area contributed by atoms with Crippen molar-refractivity contribution in [1.82, 2.24) is 9.38 Å². The molecule has 0 saturated heterocycles. The summed E-state index contributed by atoms with van der Waals surface area (Å²) in [5.74, 6) is 0. The smallest absolute Gasteiger partial charge is 0.0790 e. The van der Waals surface area contributed by atoms with Crippen molar-refractivity contribution in [3.05, 3.63) is 96.2 Å². The zero-order valence-corrected chi connectivity index (χ0v) is 18.5. The molecule has 1 N–H and O–H groups in total. The Hall–Kier alpha value is -4.30. The molecule has 0 radical (unpaired) electrons. The Labute approximate surface area is 195 Å². The highest BCUT2D eigenvalue weighted by Crippen LogP contribution is 2.47. The average Bonchev–Trinajstić information content (AvgIpc) is 3.55. The van der Waals surface area contributed by atoms with E-state index < -0.39 is 0 Å². The van der Waals surface area contributed by atoms with Crippen LogP contribution in [-0.2, 0) is 6.42 Å². The Kier molecular flexibility index (Phi) is 2.93. The maximum absolute atomic E-state index is 3.91. The van der Waals surface area contributed by atoms with Gasteiger partial charge in [0, 0.05) is 38.2 Å². The number of benzene rings is 5. The Morgan fingerprint density at radius 1 is 0.618 bits per heavy atom. The van der Waals surface area contributed by atoms with Crippen molar-refractivity contribution < 1.29 is 0 Å². The predicted octanol–water partition coefficient (Wildman–Crippen LogP) is 8.58. The fraction of sp³-hybridized carbons (Fsp3) is 0.0625. The van der Waals surface area contributed by atoms with Crippen LogP contribution in [-0.4, -0.2) is 9.38 Å². The highest BCUT2D eigenvalue weighted by atomic mass is 14.9. The average molecular weight is 433 g/mol. The van der Waals surface area contributed by atoms with Crippen LogP contribution in [0.15, 0.2) is 84.9 Å². The van der Waals surface area contributed by atoms with Gasteiger partial charge in [-0.15, -0.1) is 0 Å². The first-order valence-electron chi connectivity index (χ1n) is 12.1. The van der Waals surface area contributed by atoms with Gasteiger partial charge in [0.15, 0.2) is 0 Å². The molecule has 34 heavy (non-hydrogen) atoms. The summed E-state index contributed by atoms with van der Waals surface area (Å²) in [6, 6.07) is 29.2. The number of hydrogen-bond donors (Lipinski definition) is 1. The first-order valence-corrected chi connectivity index (χ1v) is 12.1. The van der Waals surface area contributed by atoms with Gasteiger partial charge in [0.25, 0.3) is 0 Å². The third-order valence-corrected chi connectivity index (χ3v) is 8.08. The third kappa shape index (κ3) is 1.84. The Bertz CT molecular complexity index is 2170.